The lowest BCUT2D eigenvalue weighted by Gasteiger charge is -2.06. The summed E-state index contributed by atoms with van der Waals surface area (Å²) in [5.74, 6) is 0.107. The third-order valence-corrected chi connectivity index (χ3v) is 1.63. The molecule has 0 fully saturated rings. The maximum Gasteiger partial charge on any atom is 0.222 e. The summed E-state index contributed by atoms with van der Waals surface area (Å²) in [6.45, 7) is 4.99. The first kappa shape index (κ1) is 9.70. The zero-order chi connectivity index (χ0) is 9.68. The highest BCUT2D eigenvalue weighted by Gasteiger charge is 2.04. The molecule has 1 rings (SSSR count). The Morgan fingerprint density at radius 2 is 2.38 bits per heavy atom. The first-order valence-corrected chi connectivity index (χ1v) is 4.30. The van der Waals surface area contributed by atoms with E-state index in [2.05, 4.69) is 15.4 Å². The molecule has 72 valence electrons. The molecule has 0 saturated carbocycles. The second-order valence-corrected chi connectivity index (χ2v) is 3.10. The SMILES string of the molecule is CC(C)C(=O)NCCn1cncn1. The van der Waals surface area contributed by atoms with E-state index in [1.807, 2.05) is 13.8 Å². The molecule has 1 N–H and O–H groups in total. The van der Waals surface area contributed by atoms with Crippen molar-refractivity contribution in [2.45, 2.75) is 20.4 Å². The van der Waals surface area contributed by atoms with Crippen molar-refractivity contribution in [1.82, 2.24) is 20.1 Å². The number of nitrogens with one attached hydrogen (secondary N) is 1. The number of amides is 1. The van der Waals surface area contributed by atoms with Gasteiger partial charge in [-0.2, -0.15) is 5.10 Å². The van der Waals surface area contributed by atoms with Crippen LogP contribution in [0.15, 0.2) is 12.7 Å². The van der Waals surface area contributed by atoms with Crippen LogP contribution in [0.1, 0.15) is 13.8 Å². The summed E-state index contributed by atoms with van der Waals surface area (Å²) in [4.78, 5) is 14.9. The molecule has 0 saturated heterocycles. The lowest BCUT2D eigenvalue weighted by atomic mass is 10.2. The van der Waals surface area contributed by atoms with E-state index in [9.17, 15) is 4.79 Å². The molecule has 0 aliphatic carbocycles. The molecular weight excluding hydrogens is 168 g/mol. The number of rotatable bonds is 4. The predicted octanol–water partition coefficient (Wildman–Crippen LogP) is 0.0503. The van der Waals surface area contributed by atoms with Gasteiger partial charge in [0, 0.05) is 12.5 Å². The van der Waals surface area contributed by atoms with Crippen LogP contribution >= 0.6 is 0 Å². The van der Waals surface area contributed by atoms with Crippen molar-refractivity contribution in [1.29, 1.82) is 0 Å². The summed E-state index contributed by atoms with van der Waals surface area (Å²) in [5.41, 5.74) is 0. The van der Waals surface area contributed by atoms with E-state index in [1.165, 1.54) is 6.33 Å². The van der Waals surface area contributed by atoms with Crippen LogP contribution in [-0.4, -0.2) is 27.2 Å². The van der Waals surface area contributed by atoms with Gasteiger partial charge in [0.05, 0.1) is 6.54 Å². The molecule has 1 heterocycles. The topological polar surface area (TPSA) is 59.8 Å². The lowest BCUT2D eigenvalue weighted by molar-refractivity contribution is -0.124. The third kappa shape index (κ3) is 3.23. The molecule has 0 aromatic carbocycles. The minimum atomic E-state index is 0.0377. The van der Waals surface area contributed by atoms with E-state index in [1.54, 1.807) is 11.0 Å². The van der Waals surface area contributed by atoms with Crippen molar-refractivity contribution in [3.05, 3.63) is 12.7 Å². The largest absolute Gasteiger partial charge is 0.354 e. The highest BCUT2D eigenvalue weighted by atomic mass is 16.1. The molecule has 0 aliphatic heterocycles. The van der Waals surface area contributed by atoms with Crippen LogP contribution in [0.5, 0.6) is 0 Å². The maximum absolute atomic E-state index is 11.1. The lowest BCUT2D eigenvalue weighted by Crippen LogP contribution is -2.30. The molecule has 5 nitrogen and oxygen atoms in total. The van der Waals surface area contributed by atoms with Crippen LogP contribution in [-0.2, 0) is 11.3 Å². The van der Waals surface area contributed by atoms with Gasteiger partial charge in [0.25, 0.3) is 0 Å². The predicted molar refractivity (Wildman–Crippen MR) is 47.9 cm³/mol. The zero-order valence-electron chi connectivity index (χ0n) is 7.90. The summed E-state index contributed by atoms with van der Waals surface area (Å²) in [5, 5.41) is 6.71. The van der Waals surface area contributed by atoms with Gasteiger partial charge < -0.3 is 5.32 Å². The molecule has 13 heavy (non-hydrogen) atoms. The average molecular weight is 182 g/mol. The van der Waals surface area contributed by atoms with Crippen LogP contribution in [0.4, 0.5) is 0 Å². The molecular formula is C8H14N4O. The number of hydrogen-bond acceptors (Lipinski definition) is 3. The van der Waals surface area contributed by atoms with Gasteiger partial charge in [0.1, 0.15) is 12.7 Å². The summed E-state index contributed by atoms with van der Waals surface area (Å²) in [6.07, 6.45) is 3.10. The van der Waals surface area contributed by atoms with Crippen molar-refractivity contribution < 1.29 is 4.79 Å². The fourth-order valence-corrected chi connectivity index (χ4v) is 0.846. The van der Waals surface area contributed by atoms with Gasteiger partial charge in [-0.25, -0.2) is 4.98 Å². The molecule has 0 spiro atoms. The molecule has 0 aliphatic rings. The summed E-state index contributed by atoms with van der Waals surface area (Å²) >= 11 is 0. The molecule has 5 heteroatoms. The number of aromatic nitrogens is 3. The Labute approximate surface area is 77.2 Å². The minimum Gasteiger partial charge on any atom is -0.354 e. The molecule has 1 aromatic rings. The van der Waals surface area contributed by atoms with Gasteiger partial charge in [0.15, 0.2) is 0 Å². The molecule has 0 atom stereocenters. The van der Waals surface area contributed by atoms with E-state index in [-0.39, 0.29) is 11.8 Å². The quantitative estimate of drug-likeness (QED) is 0.715. The Balaban J connectivity index is 2.18. The summed E-state index contributed by atoms with van der Waals surface area (Å²) < 4.78 is 1.68. The van der Waals surface area contributed by atoms with Gasteiger partial charge in [-0.05, 0) is 0 Å². The maximum atomic E-state index is 11.1. The summed E-state index contributed by atoms with van der Waals surface area (Å²) in [6, 6.07) is 0. The Kier molecular flexibility index (Phi) is 3.42. The second-order valence-electron chi connectivity index (χ2n) is 3.10. The molecule has 0 bridgehead atoms. The van der Waals surface area contributed by atoms with Gasteiger partial charge >= 0.3 is 0 Å². The van der Waals surface area contributed by atoms with Crippen LogP contribution in [0, 0.1) is 5.92 Å². The summed E-state index contributed by atoms with van der Waals surface area (Å²) in [7, 11) is 0. The van der Waals surface area contributed by atoms with Crippen molar-refractivity contribution in [3.8, 4) is 0 Å². The van der Waals surface area contributed by atoms with E-state index in [4.69, 9.17) is 0 Å². The van der Waals surface area contributed by atoms with Crippen LogP contribution in [0.3, 0.4) is 0 Å². The highest BCUT2D eigenvalue weighted by molar-refractivity contribution is 5.77. The molecule has 0 radical (unpaired) electrons. The number of carbonyl (C=O) groups excluding carboxylic acids is 1. The van der Waals surface area contributed by atoms with E-state index in [0.717, 1.165) is 0 Å². The van der Waals surface area contributed by atoms with E-state index < -0.39 is 0 Å². The molecule has 0 unspecified atom stereocenters. The smallest absolute Gasteiger partial charge is 0.222 e. The average Bonchev–Trinajstić information content (AvgIpc) is 2.56. The number of nitrogens with zero attached hydrogens (tertiary/aromatic N) is 3. The van der Waals surface area contributed by atoms with Crippen molar-refractivity contribution >= 4 is 5.91 Å². The Hall–Kier alpha value is -1.39. The van der Waals surface area contributed by atoms with Gasteiger partial charge in [-0.3, -0.25) is 9.48 Å². The highest BCUT2D eigenvalue weighted by Crippen LogP contribution is 1.89. The van der Waals surface area contributed by atoms with E-state index in [0.29, 0.717) is 13.1 Å². The molecule has 1 amide bonds. The van der Waals surface area contributed by atoms with Crippen molar-refractivity contribution in [2.75, 3.05) is 6.54 Å². The second kappa shape index (κ2) is 4.59. The Morgan fingerprint density at radius 1 is 1.62 bits per heavy atom. The standard InChI is InChI=1S/C8H14N4O/c1-7(2)8(13)10-3-4-12-6-9-5-11-12/h5-7H,3-4H2,1-2H3,(H,10,13). The van der Waals surface area contributed by atoms with E-state index >= 15 is 0 Å². The van der Waals surface area contributed by atoms with Crippen LogP contribution in [0.25, 0.3) is 0 Å². The fourth-order valence-electron chi connectivity index (χ4n) is 0.846. The van der Waals surface area contributed by atoms with Crippen LogP contribution < -0.4 is 5.32 Å². The van der Waals surface area contributed by atoms with Gasteiger partial charge in [-0.1, -0.05) is 13.8 Å². The monoisotopic (exact) mass is 182 g/mol. The molecule has 1 aromatic heterocycles. The zero-order valence-corrected chi connectivity index (χ0v) is 7.90. The van der Waals surface area contributed by atoms with Crippen molar-refractivity contribution in [3.63, 3.8) is 0 Å². The third-order valence-electron chi connectivity index (χ3n) is 1.63. The minimum absolute atomic E-state index is 0.0377. The Morgan fingerprint density at radius 3 is 2.92 bits per heavy atom. The first-order valence-electron chi connectivity index (χ1n) is 4.30. The fraction of sp³-hybridized carbons (Fsp3) is 0.625. The Bertz CT molecular complexity index is 255. The normalized spacial score (nSPS) is 10.4. The first-order chi connectivity index (χ1) is 6.20. The van der Waals surface area contributed by atoms with Gasteiger partial charge in [0.2, 0.25) is 5.91 Å². The number of hydrogen-bond donors (Lipinski definition) is 1. The van der Waals surface area contributed by atoms with Gasteiger partial charge in [-0.15, -0.1) is 0 Å². The number of carbonyl (C=O) groups is 1. The van der Waals surface area contributed by atoms with Crippen LogP contribution in [0.2, 0.25) is 0 Å². The van der Waals surface area contributed by atoms with Crippen molar-refractivity contribution in [2.24, 2.45) is 5.92 Å².